The number of fused-ring (bicyclic) bond motifs is 1. The Labute approximate surface area is 114 Å². The SMILES string of the molecule is COc1cc(-c2nc3cnccc3n2C)cc(O)c1O. The van der Waals surface area contributed by atoms with E-state index in [0.717, 1.165) is 11.0 Å². The van der Waals surface area contributed by atoms with Crippen LogP contribution in [-0.4, -0.2) is 31.9 Å². The number of nitrogens with zero attached hydrogens (tertiary/aromatic N) is 3. The molecular formula is C14H13N3O3. The van der Waals surface area contributed by atoms with Gasteiger partial charge in [0.2, 0.25) is 5.75 Å². The minimum Gasteiger partial charge on any atom is -0.504 e. The maximum Gasteiger partial charge on any atom is 0.200 e. The summed E-state index contributed by atoms with van der Waals surface area (Å²) >= 11 is 0. The summed E-state index contributed by atoms with van der Waals surface area (Å²) < 4.78 is 6.93. The van der Waals surface area contributed by atoms with Crippen molar-refractivity contribution < 1.29 is 14.9 Å². The fraction of sp³-hybridized carbons (Fsp3) is 0.143. The van der Waals surface area contributed by atoms with Crippen molar-refractivity contribution in [1.29, 1.82) is 0 Å². The van der Waals surface area contributed by atoms with E-state index < -0.39 is 0 Å². The number of aromatic hydroxyl groups is 2. The molecule has 0 saturated carbocycles. The molecule has 1 aromatic carbocycles. The molecule has 6 nitrogen and oxygen atoms in total. The summed E-state index contributed by atoms with van der Waals surface area (Å²) in [6.45, 7) is 0. The smallest absolute Gasteiger partial charge is 0.200 e. The summed E-state index contributed by atoms with van der Waals surface area (Å²) in [6.07, 6.45) is 3.37. The highest BCUT2D eigenvalue weighted by Gasteiger charge is 2.15. The third-order valence-electron chi connectivity index (χ3n) is 3.22. The molecule has 0 atom stereocenters. The molecule has 0 aliphatic carbocycles. The van der Waals surface area contributed by atoms with E-state index in [2.05, 4.69) is 9.97 Å². The standard InChI is InChI=1S/C14H13N3O3/c1-17-10-3-4-15-7-9(10)16-14(17)8-5-11(18)13(19)12(6-8)20-2/h3-7,18-19H,1-2H3. The highest BCUT2D eigenvalue weighted by molar-refractivity contribution is 5.80. The van der Waals surface area contributed by atoms with Crippen LogP contribution in [0.3, 0.4) is 0 Å². The van der Waals surface area contributed by atoms with E-state index in [1.807, 2.05) is 17.7 Å². The number of pyridine rings is 1. The largest absolute Gasteiger partial charge is 0.504 e. The molecule has 0 spiro atoms. The van der Waals surface area contributed by atoms with Crippen LogP contribution in [0.15, 0.2) is 30.6 Å². The zero-order valence-electron chi connectivity index (χ0n) is 11.0. The number of hydrogen-bond acceptors (Lipinski definition) is 5. The average molecular weight is 271 g/mol. The first-order valence-corrected chi connectivity index (χ1v) is 5.98. The first-order valence-electron chi connectivity index (χ1n) is 5.98. The van der Waals surface area contributed by atoms with Gasteiger partial charge in [-0.05, 0) is 18.2 Å². The van der Waals surface area contributed by atoms with Gasteiger partial charge in [-0.15, -0.1) is 0 Å². The van der Waals surface area contributed by atoms with Gasteiger partial charge in [0.15, 0.2) is 11.5 Å². The molecule has 0 amide bonds. The van der Waals surface area contributed by atoms with E-state index in [1.165, 1.54) is 13.2 Å². The van der Waals surface area contributed by atoms with Crippen LogP contribution in [0, 0.1) is 0 Å². The van der Waals surface area contributed by atoms with Gasteiger partial charge in [0.25, 0.3) is 0 Å². The molecule has 0 aliphatic heterocycles. The van der Waals surface area contributed by atoms with Crippen LogP contribution in [0.25, 0.3) is 22.4 Å². The zero-order valence-corrected chi connectivity index (χ0v) is 11.0. The minimum absolute atomic E-state index is 0.199. The Morgan fingerprint density at radius 1 is 1.25 bits per heavy atom. The maximum absolute atomic E-state index is 9.76. The summed E-state index contributed by atoms with van der Waals surface area (Å²) in [4.78, 5) is 8.52. The lowest BCUT2D eigenvalue weighted by Gasteiger charge is -2.08. The van der Waals surface area contributed by atoms with Gasteiger partial charge in [-0.3, -0.25) is 4.98 Å². The number of aromatic nitrogens is 3. The molecule has 2 aromatic heterocycles. The number of imidazole rings is 1. The highest BCUT2D eigenvalue weighted by atomic mass is 16.5. The van der Waals surface area contributed by atoms with Crippen molar-refractivity contribution >= 4 is 11.0 Å². The van der Waals surface area contributed by atoms with Crippen LogP contribution in [0.4, 0.5) is 0 Å². The van der Waals surface area contributed by atoms with E-state index in [1.54, 1.807) is 18.5 Å². The molecule has 2 heterocycles. The van der Waals surface area contributed by atoms with Gasteiger partial charge in [-0.1, -0.05) is 0 Å². The van der Waals surface area contributed by atoms with Crippen molar-refractivity contribution in [3.8, 4) is 28.6 Å². The van der Waals surface area contributed by atoms with Crippen molar-refractivity contribution in [1.82, 2.24) is 14.5 Å². The minimum atomic E-state index is -0.281. The average Bonchev–Trinajstić information content (AvgIpc) is 2.79. The monoisotopic (exact) mass is 271 g/mol. The van der Waals surface area contributed by atoms with Gasteiger partial charge < -0.3 is 19.5 Å². The van der Waals surface area contributed by atoms with Gasteiger partial charge >= 0.3 is 0 Å². The summed E-state index contributed by atoms with van der Waals surface area (Å²) in [5.74, 6) is 0.327. The fourth-order valence-electron chi connectivity index (χ4n) is 2.19. The molecule has 102 valence electrons. The molecule has 0 aliphatic rings. The van der Waals surface area contributed by atoms with Gasteiger partial charge in [-0.25, -0.2) is 4.98 Å². The quantitative estimate of drug-likeness (QED) is 0.697. The topological polar surface area (TPSA) is 80.4 Å². The lowest BCUT2D eigenvalue weighted by atomic mass is 10.1. The lowest BCUT2D eigenvalue weighted by Crippen LogP contribution is -1.93. The highest BCUT2D eigenvalue weighted by Crippen LogP contribution is 2.39. The second kappa shape index (κ2) is 4.41. The normalized spacial score (nSPS) is 10.9. The Morgan fingerprint density at radius 3 is 2.75 bits per heavy atom. The van der Waals surface area contributed by atoms with Crippen LogP contribution < -0.4 is 4.74 Å². The van der Waals surface area contributed by atoms with Crippen molar-refractivity contribution in [2.45, 2.75) is 0 Å². The van der Waals surface area contributed by atoms with Gasteiger partial charge in [0.05, 0.1) is 18.8 Å². The van der Waals surface area contributed by atoms with Gasteiger partial charge in [-0.2, -0.15) is 0 Å². The first kappa shape index (κ1) is 12.3. The number of ether oxygens (including phenoxy) is 1. The molecule has 3 rings (SSSR count). The molecule has 0 saturated heterocycles. The molecule has 0 unspecified atom stereocenters. The predicted molar refractivity (Wildman–Crippen MR) is 73.8 cm³/mol. The van der Waals surface area contributed by atoms with Crippen LogP contribution >= 0.6 is 0 Å². The Bertz CT molecular complexity index is 796. The Hall–Kier alpha value is -2.76. The van der Waals surface area contributed by atoms with Crippen LogP contribution in [-0.2, 0) is 7.05 Å². The first-order chi connectivity index (χ1) is 9.61. The van der Waals surface area contributed by atoms with Crippen molar-refractivity contribution in [3.63, 3.8) is 0 Å². The van der Waals surface area contributed by atoms with E-state index in [4.69, 9.17) is 4.74 Å². The summed E-state index contributed by atoms with van der Waals surface area (Å²) in [5.41, 5.74) is 2.34. The van der Waals surface area contributed by atoms with E-state index in [9.17, 15) is 10.2 Å². The molecular weight excluding hydrogens is 258 g/mol. The van der Waals surface area contributed by atoms with Crippen LogP contribution in [0.5, 0.6) is 17.2 Å². The second-order valence-electron chi connectivity index (χ2n) is 4.41. The number of phenols is 2. The molecule has 6 heteroatoms. The van der Waals surface area contributed by atoms with E-state index in [-0.39, 0.29) is 17.2 Å². The van der Waals surface area contributed by atoms with E-state index >= 15 is 0 Å². The summed E-state index contributed by atoms with van der Waals surface area (Å²) in [6, 6.07) is 4.94. The number of methoxy groups -OCH3 is 1. The number of rotatable bonds is 2. The Morgan fingerprint density at radius 2 is 2.05 bits per heavy atom. The number of benzene rings is 1. The number of hydrogen-bond donors (Lipinski definition) is 2. The molecule has 2 N–H and O–H groups in total. The Kier molecular flexibility index (Phi) is 2.71. The van der Waals surface area contributed by atoms with Crippen molar-refractivity contribution in [2.75, 3.05) is 7.11 Å². The molecule has 0 fully saturated rings. The van der Waals surface area contributed by atoms with Gasteiger partial charge in [0.1, 0.15) is 11.3 Å². The van der Waals surface area contributed by atoms with Crippen LogP contribution in [0.2, 0.25) is 0 Å². The molecule has 0 bridgehead atoms. The summed E-state index contributed by atoms with van der Waals surface area (Å²) in [7, 11) is 3.30. The van der Waals surface area contributed by atoms with Gasteiger partial charge in [0, 0.05) is 18.8 Å². The van der Waals surface area contributed by atoms with Crippen molar-refractivity contribution in [2.24, 2.45) is 7.05 Å². The lowest BCUT2D eigenvalue weighted by molar-refractivity contribution is 0.351. The summed E-state index contributed by atoms with van der Waals surface area (Å²) in [5, 5.41) is 19.4. The fourth-order valence-corrected chi connectivity index (χ4v) is 2.19. The molecule has 20 heavy (non-hydrogen) atoms. The zero-order chi connectivity index (χ0) is 14.3. The molecule has 3 aromatic rings. The second-order valence-corrected chi connectivity index (χ2v) is 4.41. The maximum atomic E-state index is 9.76. The van der Waals surface area contributed by atoms with Crippen LogP contribution in [0.1, 0.15) is 0 Å². The number of aryl methyl sites for hydroxylation is 1. The van der Waals surface area contributed by atoms with E-state index in [0.29, 0.717) is 11.4 Å². The van der Waals surface area contributed by atoms with Crippen molar-refractivity contribution in [3.05, 3.63) is 30.6 Å². The number of phenolic OH excluding ortho intramolecular Hbond substituents is 2. The third-order valence-corrected chi connectivity index (χ3v) is 3.22. The Balaban J connectivity index is 2.25. The predicted octanol–water partition coefficient (Wildman–Crippen LogP) is 2.06. The molecule has 0 radical (unpaired) electrons. The third kappa shape index (κ3) is 1.73.